The smallest absolute Gasteiger partial charge is 0.139 e. The zero-order valence-corrected chi connectivity index (χ0v) is 16.3. The molecular weight excluding hydrogens is 410 g/mol. The SMILES string of the molecule is Cc1cccc(-c2nc(-c3ccc(Cl)cc3)c(-c3ccncc3)[nH]2)c1Br. The maximum absolute atomic E-state index is 6.05. The molecule has 0 unspecified atom stereocenters. The van der Waals surface area contributed by atoms with Crippen LogP contribution in [0.1, 0.15) is 5.56 Å². The van der Waals surface area contributed by atoms with E-state index >= 15 is 0 Å². The maximum Gasteiger partial charge on any atom is 0.139 e. The highest BCUT2D eigenvalue weighted by atomic mass is 79.9. The van der Waals surface area contributed by atoms with Gasteiger partial charge in [0.15, 0.2) is 0 Å². The Kier molecular flexibility index (Phi) is 4.62. The lowest BCUT2D eigenvalue weighted by molar-refractivity contribution is 1.28. The van der Waals surface area contributed by atoms with Gasteiger partial charge in [-0.25, -0.2) is 4.98 Å². The second-order valence-corrected chi connectivity index (χ2v) is 7.22. The Morgan fingerprint density at radius 2 is 1.65 bits per heavy atom. The number of halogens is 2. The Hall–Kier alpha value is -2.43. The molecule has 0 aliphatic rings. The lowest BCUT2D eigenvalue weighted by Gasteiger charge is -2.03. The van der Waals surface area contributed by atoms with Crippen LogP contribution in [0, 0.1) is 6.92 Å². The number of hydrogen-bond acceptors (Lipinski definition) is 2. The summed E-state index contributed by atoms with van der Waals surface area (Å²) in [6, 6.07) is 17.8. The first-order valence-corrected chi connectivity index (χ1v) is 9.32. The lowest BCUT2D eigenvalue weighted by atomic mass is 10.1. The number of aromatic nitrogens is 3. The van der Waals surface area contributed by atoms with E-state index in [4.69, 9.17) is 16.6 Å². The van der Waals surface area contributed by atoms with Gasteiger partial charge in [0.2, 0.25) is 0 Å². The van der Waals surface area contributed by atoms with Crippen LogP contribution in [-0.2, 0) is 0 Å². The molecule has 0 saturated carbocycles. The van der Waals surface area contributed by atoms with Gasteiger partial charge in [0, 0.05) is 38.6 Å². The number of nitrogens with zero attached hydrogens (tertiary/aromatic N) is 2. The van der Waals surface area contributed by atoms with Crippen LogP contribution in [0.3, 0.4) is 0 Å². The minimum absolute atomic E-state index is 0.705. The molecule has 0 atom stereocenters. The molecule has 2 aromatic carbocycles. The quantitative estimate of drug-likeness (QED) is 0.406. The number of imidazole rings is 1. The van der Waals surface area contributed by atoms with Crippen LogP contribution >= 0.6 is 27.5 Å². The number of rotatable bonds is 3. The first kappa shape index (κ1) is 17.0. The second kappa shape index (κ2) is 7.06. The summed E-state index contributed by atoms with van der Waals surface area (Å²) in [6.45, 7) is 2.07. The minimum atomic E-state index is 0.705. The average Bonchev–Trinajstić information content (AvgIpc) is 3.10. The van der Waals surface area contributed by atoms with Crippen LogP contribution in [-0.4, -0.2) is 15.0 Å². The highest BCUT2D eigenvalue weighted by Gasteiger charge is 2.17. The Bertz CT molecular complexity index is 1060. The van der Waals surface area contributed by atoms with Crippen LogP contribution in [0.25, 0.3) is 33.9 Å². The number of pyridine rings is 1. The molecule has 128 valence electrons. The van der Waals surface area contributed by atoms with Crippen molar-refractivity contribution in [3.05, 3.63) is 82.0 Å². The van der Waals surface area contributed by atoms with Crippen molar-refractivity contribution >= 4 is 27.5 Å². The molecule has 0 bridgehead atoms. The van der Waals surface area contributed by atoms with Crippen molar-refractivity contribution in [2.24, 2.45) is 0 Å². The molecule has 1 N–H and O–H groups in total. The molecule has 4 aromatic rings. The van der Waals surface area contributed by atoms with Crippen molar-refractivity contribution < 1.29 is 0 Å². The van der Waals surface area contributed by atoms with Crippen LogP contribution in [0.5, 0.6) is 0 Å². The van der Waals surface area contributed by atoms with Crippen molar-refractivity contribution in [3.63, 3.8) is 0 Å². The standard InChI is InChI=1S/C21H15BrClN3/c1-13-3-2-4-17(18(13)22)21-25-19(14-5-7-16(23)8-6-14)20(26-21)15-9-11-24-12-10-15/h2-12H,1H3,(H,25,26). The molecule has 0 aliphatic heterocycles. The molecule has 0 fully saturated rings. The van der Waals surface area contributed by atoms with E-state index in [0.29, 0.717) is 5.02 Å². The van der Waals surface area contributed by atoms with Crippen LogP contribution in [0.4, 0.5) is 0 Å². The Morgan fingerprint density at radius 1 is 0.923 bits per heavy atom. The largest absolute Gasteiger partial charge is 0.337 e. The summed E-state index contributed by atoms with van der Waals surface area (Å²) in [7, 11) is 0. The molecule has 0 amide bonds. The highest BCUT2D eigenvalue weighted by Crippen LogP contribution is 2.36. The van der Waals surface area contributed by atoms with E-state index in [1.807, 2.05) is 42.5 Å². The first-order valence-electron chi connectivity index (χ1n) is 8.15. The van der Waals surface area contributed by atoms with E-state index in [-0.39, 0.29) is 0 Å². The third-order valence-electron chi connectivity index (χ3n) is 4.24. The first-order chi connectivity index (χ1) is 12.6. The summed E-state index contributed by atoms with van der Waals surface area (Å²) in [5.41, 5.74) is 6.08. The summed E-state index contributed by atoms with van der Waals surface area (Å²) in [5, 5.41) is 0.705. The van der Waals surface area contributed by atoms with Crippen LogP contribution in [0.2, 0.25) is 5.02 Å². The zero-order chi connectivity index (χ0) is 18.1. The van der Waals surface area contributed by atoms with Gasteiger partial charge in [0.1, 0.15) is 5.82 Å². The molecule has 0 spiro atoms. The molecule has 0 aliphatic carbocycles. The molecule has 3 nitrogen and oxygen atoms in total. The van der Waals surface area contributed by atoms with Gasteiger partial charge >= 0.3 is 0 Å². The Balaban J connectivity index is 1.93. The number of H-pyrrole nitrogens is 1. The monoisotopic (exact) mass is 423 g/mol. The fraction of sp³-hybridized carbons (Fsp3) is 0.0476. The molecule has 26 heavy (non-hydrogen) atoms. The van der Waals surface area contributed by atoms with E-state index in [1.165, 1.54) is 0 Å². The van der Waals surface area contributed by atoms with E-state index in [0.717, 1.165) is 43.9 Å². The van der Waals surface area contributed by atoms with Crippen molar-refractivity contribution in [1.29, 1.82) is 0 Å². The normalized spacial score (nSPS) is 10.9. The summed E-state index contributed by atoms with van der Waals surface area (Å²) in [4.78, 5) is 12.5. The van der Waals surface area contributed by atoms with E-state index in [2.05, 4.69) is 45.0 Å². The predicted molar refractivity (Wildman–Crippen MR) is 110 cm³/mol. The Morgan fingerprint density at radius 3 is 2.38 bits per heavy atom. The van der Waals surface area contributed by atoms with Gasteiger partial charge in [0.25, 0.3) is 0 Å². The van der Waals surface area contributed by atoms with Gasteiger partial charge in [0.05, 0.1) is 11.4 Å². The Labute approximate surface area is 165 Å². The molecule has 2 heterocycles. The predicted octanol–water partition coefficient (Wildman–Crippen LogP) is 6.53. The zero-order valence-electron chi connectivity index (χ0n) is 14.0. The topological polar surface area (TPSA) is 41.6 Å². The fourth-order valence-electron chi connectivity index (χ4n) is 2.88. The van der Waals surface area contributed by atoms with E-state index < -0.39 is 0 Å². The fourth-order valence-corrected chi connectivity index (χ4v) is 3.45. The number of aromatic amines is 1. The molecule has 2 aromatic heterocycles. The maximum atomic E-state index is 6.05. The van der Waals surface area contributed by atoms with Gasteiger partial charge in [-0.3, -0.25) is 4.98 Å². The lowest BCUT2D eigenvalue weighted by Crippen LogP contribution is -1.85. The summed E-state index contributed by atoms with van der Waals surface area (Å²) >= 11 is 9.74. The number of nitrogens with one attached hydrogen (secondary N) is 1. The van der Waals surface area contributed by atoms with E-state index in [9.17, 15) is 0 Å². The summed E-state index contributed by atoms with van der Waals surface area (Å²) in [5.74, 6) is 0.817. The van der Waals surface area contributed by atoms with Crippen molar-refractivity contribution in [2.75, 3.05) is 0 Å². The average molecular weight is 425 g/mol. The van der Waals surface area contributed by atoms with Gasteiger partial charge < -0.3 is 4.98 Å². The summed E-state index contributed by atoms with van der Waals surface area (Å²) < 4.78 is 1.04. The van der Waals surface area contributed by atoms with Crippen LogP contribution in [0.15, 0.2) is 71.5 Å². The molecule has 4 rings (SSSR count). The van der Waals surface area contributed by atoms with Gasteiger partial charge in [-0.2, -0.15) is 0 Å². The number of aryl methyl sites for hydroxylation is 1. The number of benzene rings is 2. The molecule has 0 radical (unpaired) electrons. The molecule has 5 heteroatoms. The number of hydrogen-bond donors (Lipinski definition) is 1. The minimum Gasteiger partial charge on any atom is -0.337 e. The summed E-state index contributed by atoms with van der Waals surface area (Å²) in [6.07, 6.45) is 3.56. The van der Waals surface area contributed by atoms with Gasteiger partial charge in [-0.15, -0.1) is 0 Å². The third kappa shape index (κ3) is 3.18. The second-order valence-electron chi connectivity index (χ2n) is 5.99. The van der Waals surface area contributed by atoms with E-state index in [1.54, 1.807) is 12.4 Å². The van der Waals surface area contributed by atoms with Crippen LogP contribution < -0.4 is 0 Å². The highest BCUT2D eigenvalue weighted by molar-refractivity contribution is 9.10. The molecule has 0 saturated heterocycles. The van der Waals surface area contributed by atoms with Gasteiger partial charge in [-0.1, -0.05) is 41.9 Å². The van der Waals surface area contributed by atoms with Gasteiger partial charge in [-0.05, 0) is 52.7 Å². The van der Waals surface area contributed by atoms with Crippen molar-refractivity contribution in [2.45, 2.75) is 6.92 Å². The third-order valence-corrected chi connectivity index (χ3v) is 5.54. The molecular formula is C21H15BrClN3. The van der Waals surface area contributed by atoms with Crippen molar-refractivity contribution in [1.82, 2.24) is 15.0 Å². The van der Waals surface area contributed by atoms with Crippen molar-refractivity contribution in [3.8, 4) is 33.9 Å².